The van der Waals surface area contributed by atoms with Crippen LogP contribution >= 0.6 is 0 Å². The lowest BCUT2D eigenvalue weighted by Gasteiger charge is -2.29. The van der Waals surface area contributed by atoms with Crippen LogP contribution in [-0.4, -0.2) is 13.2 Å². The van der Waals surface area contributed by atoms with Gasteiger partial charge in [-0.2, -0.15) is 0 Å². The summed E-state index contributed by atoms with van der Waals surface area (Å²) >= 11 is 0. The van der Waals surface area contributed by atoms with Gasteiger partial charge in [-0.15, -0.1) is 0 Å². The molecule has 1 unspecified atom stereocenters. The zero-order chi connectivity index (χ0) is 15.3. The van der Waals surface area contributed by atoms with Crippen molar-refractivity contribution in [3.05, 3.63) is 65.5 Å². The highest BCUT2D eigenvalue weighted by atomic mass is 19.1. The SMILES string of the molecule is CCOc1cccc(CC(C)(CN)c2cccc(F)c2)c1. The Morgan fingerprint density at radius 2 is 1.90 bits per heavy atom. The molecule has 0 saturated heterocycles. The average Bonchev–Trinajstić information content (AvgIpc) is 2.48. The van der Waals surface area contributed by atoms with Crippen molar-refractivity contribution in [1.29, 1.82) is 0 Å². The quantitative estimate of drug-likeness (QED) is 0.879. The average molecular weight is 287 g/mol. The number of hydrogen-bond acceptors (Lipinski definition) is 2. The third-order valence-electron chi connectivity index (χ3n) is 3.78. The Balaban J connectivity index is 2.27. The van der Waals surface area contributed by atoms with Gasteiger partial charge in [-0.1, -0.05) is 31.2 Å². The summed E-state index contributed by atoms with van der Waals surface area (Å²) in [5.41, 5.74) is 7.74. The van der Waals surface area contributed by atoms with Crippen LogP contribution in [-0.2, 0) is 11.8 Å². The van der Waals surface area contributed by atoms with Gasteiger partial charge in [0.15, 0.2) is 0 Å². The van der Waals surface area contributed by atoms with Crippen LogP contribution in [0.25, 0.3) is 0 Å². The first-order chi connectivity index (χ1) is 10.1. The lowest BCUT2D eigenvalue weighted by Crippen LogP contribution is -2.34. The summed E-state index contributed by atoms with van der Waals surface area (Å²) in [6.07, 6.45) is 0.744. The Labute approximate surface area is 125 Å². The van der Waals surface area contributed by atoms with Gasteiger partial charge in [0.25, 0.3) is 0 Å². The third-order valence-corrected chi connectivity index (χ3v) is 3.78. The molecule has 2 N–H and O–H groups in total. The van der Waals surface area contributed by atoms with Crippen LogP contribution in [0.3, 0.4) is 0 Å². The van der Waals surface area contributed by atoms with Gasteiger partial charge in [-0.25, -0.2) is 4.39 Å². The van der Waals surface area contributed by atoms with Crippen molar-refractivity contribution in [3.8, 4) is 5.75 Å². The van der Waals surface area contributed by atoms with E-state index in [1.165, 1.54) is 6.07 Å². The lowest BCUT2D eigenvalue weighted by molar-refractivity contribution is 0.339. The van der Waals surface area contributed by atoms with E-state index in [2.05, 4.69) is 13.0 Å². The van der Waals surface area contributed by atoms with Crippen LogP contribution in [0.4, 0.5) is 4.39 Å². The van der Waals surface area contributed by atoms with Gasteiger partial charge in [0, 0.05) is 12.0 Å². The maximum Gasteiger partial charge on any atom is 0.123 e. The Kier molecular flexibility index (Phi) is 4.97. The van der Waals surface area contributed by atoms with Gasteiger partial charge >= 0.3 is 0 Å². The molecule has 2 aromatic rings. The molecular weight excluding hydrogens is 265 g/mol. The van der Waals surface area contributed by atoms with E-state index in [4.69, 9.17) is 10.5 Å². The predicted molar refractivity (Wildman–Crippen MR) is 84.1 cm³/mol. The minimum absolute atomic E-state index is 0.227. The van der Waals surface area contributed by atoms with E-state index in [1.54, 1.807) is 12.1 Å². The van der Waals surface area contributed by atoms with Crippen LogP contribution < -0.4 is 10.5 Å². The van der Waals surface area contributed by atoms with Crippen molar-refractivity contribution in [2.45, 2.75) is 25.7 Å². The summed E-state index contributed by atoms with van der Waals surface area (Å²) in [4.78, 5) is 0. The van der Waals surface area contributed by atoms with Crippen molar-refractivity contribution in [2.75, 3.05) is 13.2 Å². The Morgan fingerprint density at radius 3 is 2.57 bits per heavy atom. The zero-order valence-corrected chi connectivity index (χ0v) is 12.6. The van der Waals surface area contributed by atoms with E-state index in [-0.39, 0.29) is 11.2 Å². The maximum absolute atomic E-state index is 13.5. The van der Waals surface area contributed by atoms with Crippen LogP contribution in [0.1, 0.15) is 25.0 Å². The maximum atomic E-state index is 13.5. The molecule has 112 valence electrons. The molecule has 0 aliphatic heterocycles. The molecule has 2 nitrogen and oxygen atoms in total. The third kappa shape index (κ3) is 3.82. The normalized spacial score (nSPS) is 13.7. The number of hydrogen-bond donors (Lipinski definition) is 1. The molecule has 3 heteroatoms. The molecule has 0 radical (unpaired) electrons. The Morgan fingerprint density at radius 1 is 1.14 bits per heavy atom. The largest absolute Gasteiger partial charge is 0.494 e. The second-order valence-corrected chi connectivity index (χ2v) is 5.53. The van der Waals surface area contributed by atoms with Gasteiger partial charge in [0.05, 0.1) is 6.61 Å². The number of ether oxygens (including phenoxy) is 1. The molecule has 0 fully saturated rings. The predicted octanol–water partition coefficient (Wildman–Crippen LogP) is 3.68. The summed E-state index contributed by atoms with van der Waals surface area (Å²) in [5.74, 6) is 0.629. The fourth-order valence-electron chi connectivity index (χ4n) is 2.52. The van der Waals surface area contributed by atoms with Crippen molar-refractivity contribution in [1.82, 2.24) is 0 Å². The minimum Gasteiger partial charge on any atom is -0.494 e. The molecule has 0 saturated carbocycles. The van der Waals surface area contributed by atoms with E-state index >= 15 is 0 Å². The smallest absolute Gasteiger partial charge is 0.123 e. The molecule has 1 atom stereocenters. The first-order valence-corrected chi connectivity index (χ1v) is 7.25. The lowest BCUT2D eigenvalue weighted by atomic mass is 9.77. The summed E-state index contributed by atoms with van der Waals surface area (Å²) in [5, 5.41) is 0. The standard InChI is InChI=1S/C18H22FNO/c1-3-21-17-9-4-6-14(10-17)12-18(2,13-20)15-7-5-8-16(19)11-15/h4-11H,3,12-13,20H2,1-2H3. The minimum atomic E-state index is -0.299. The fraction of sp³-hybridized carbons (Fsp3) is 0.333. The summed E-state index contributed by atoms with van der Waals surface area (Å²) in [6, 6.07) is 14.7. The number of nitrogens with two attached hydrogens (primary N) is 1. The summed E-state index contributed by atoms with van der Waals surface area (Å²) < 4.78 is 19.0. The first kappa shape index (κ1) is 15.5. The van der Waals surface area contributed by atoms with Gasteiger partial charge in [-0.05, 0) is 48.7 Å². The summed E-state index contributed by atoms with van der Waals surface area (Å²) in [7, 11) is 0. The molecule has 0 bridgehead atoms. The highest BCUT2D eigenvalue weighted by Crippen LogP contribution is 2.29. The molecule has 21 heavy (non-hydrogen) atoms. The van der Waals surface area contributed by atoms with Crippen LogP contribution in [0.15, 0.2) is 48.5 Å². The van der Waals surface area contributed by atoms with Crippen molar-refractivity contribution >= 4 is 0 Å². The molecular formula is C18H22FNO. The molecule has 0 heterocycles. The van der Waals surface area contributed by atoms with Gasteiger partial charge < -0.3 is 10.5 Å². The molecule has 0 spiro atoms. The van der Waals surface area contributed by atoms with Crippen molar-refractivity contribution in [2.24, 2.45) is 5.73 Å². The second-order valence-electron chi connectivity index (χ2n) is 5.53. The Hall–Kier alpha value is -1.87. The van der Waals surface area contributed by atoms with Crippen molar-refractivity contribution < 1.29 is 9.13 Å². The molecule has 2 aromatic carbocycles. The van der Waals surface area contributed by atoms with Gasteiger partial charge in [0.1, 0.15) is 11.6 Å². The topological polar surface area (TPSA) is 35.2 Å². The second kappa shape index (κ2) is 6.72. The van der Waals surface area contributed by atoms with Crippen LogP contribution in [0.5, 0.6) is 5.75 Å². The van der Waals surface area contributed by atoms with Crippen LogP contribution in [0.2, 0.25) is 0 Å². The van der Waals surface area contributed by atoms with Gasteiger partial charge in [-0.3, -0.25) is 0 Å². The molecule has 0 aliphatic carbocycles. The highest BCUT2D eigenvalue weighted by molar-refractivity contribution is 5.33. The van der Waals surface area contributed by atoms with Gasteiger partial charge in [0.2, 0.25) is 0 Å². The van der Waals surface area contributed by atoms with E-state index in [0.29, 0.717) is 13.2 Å². The number of halogens is 1. The summed E-state index contributed by atoms with van der Waals surface area (Å²) in [6.45, 7) is 5.12. The molecule has 0 aromatic heterocycles. The van der Waals surface area contributed by atoms with E-state index in [9.17, 15) is 4.39 Å². The molecule has 0 aliphatic rings. The highest BCUT2D eigenvalue weighted by Gasteiger charge is 2.26. The zero-order valence-electron chi connectivity index (χ0n) is 12.6. The van der Waals surface area contributed by atoms with Crippen LogP contribution in [0, 0.1) is 5.82 Å². The Bertz CT molecular complexity index is 599. The first-order valence-electron chi connectivity index (χ1n) is 7.25. The van der Waals surface area contributed by atoms with E-state index in [1.807, 2.05) is 31.2 Å². The number of benzene rings is 2. The molecule has 2 rings (SSSR count). The van der Waals surface area contributed by atoms with E-state index < -0.39 is 0 Å². The number of rotatable bonds is 6. The van der Waals surface area contributed by atoms with E-state index in [0.717, 1.165) is 23.3 Å². The monoisotopic (exact) mass is 287 g/mol. The van der Waals surface area contributed by atoms with Crippen molar-refractivity contribution in [3.63, 3.8) is 0 Å². The fourth-order valence-corrected chi connectivity index (χ4v) is 2.52. The molecule has 0 amide bonds.